The van der Waals surface area contributed by atoms with Crippen LogP contribution in [0.2, 0.25) is 0 Å². The Morgan fingerprint density at radius 1 is 1.35 bits per heavy atom. The van der Waals surface area contributed by atoms with Crippen LogP contribution in [0.15, 0.2) is 18.2 Å². The van der Waals surface area contributed by atoms with E-state index >= 15 is 0 Å². The molecule has 7 heteroatoms. The summed E-state index contributed by atoms with van der Waals surface area (Å²) in [7, 11) is 1.32. The Balaban J connectivity index is 2.13. The summed E-state index contributed by atoms with van der Waals surface area (Å²) < 4.78 is 15.2. The van der Waals surface area contributed by atoms with Crippen LogP contribution in [0.4, 0.5) is 0 Å². The van der Waals surface area contributed by atoms with E-state index in [2.05, 4.69) is 0 Å². The lowest BCUT2D eigenvalue weighted by atomic mass is 10.1. The molecule has 1 atom stereocenters. The van der Waals surface area contributed by atoms with E-state index in [-0.39, 0.29) is 31.8 Å². The molecule has 0 saturated carbocycles. The van der Waals surface area contributed by atoms with Crippen LogP contribution >= 0.6 is 0 Å². The lowest BCUT2D eigenvalue weighted by molar-refractivity contribution is -0.145. The van der Waals surface area contributed by atoms with Gasteiger partial charge in [-0.2, -0.15) is 0 Å². The van der Waals surface area contributed by atoms with Crippen LogP contribution < -0.4 is 9.47 Å². The number of esters is 1. The van der Waals surface area contributed by atoms with E-state index in [1.54, 1.807) is 25.1 Å². The van der Waals surface area contributed by atoms with E-state index in [1.807, 2.05) is 0 Å². The molecule has 7 nitrogen and oxygen atoms in total. The number of fused-ring (bicyclic) bond motifs is 1. The summed E-state index contributed by atoms with van der Waals surface area (Å²) in [5.74, 6) is 0.0759. The Hall–Kier alpha value is -2.28. The molecule has 1 unspecified atom stereocenters. The molecule has 0 spiro atoms. The van der Waals surface area contributed by atoms with E-state index in [4.69, 9.17) is 19.3 Å². The first-order chi connectivity index (χ1) is 11.1. The Bertz CT molecular complexity index is 574. The fraction of sp³-hybridized carbons (Fsp3) is 0.500. The Morgan fingerprint density at radius 2 is 2.09 bits per heavy atom. The second-order valence-electron chi connectivity index (χ2n) is 5.32. The number of ether oxygens (including phenoxy) is 3. The van der Waals surface area contributed by atoms with Crippen LogP contribution in [0, 0.1) is 5.92 Å². The van der Waals surface area contributed by atoms with Gasteiger partial charge in [0.25, 0.3) is 5.91 Å². The maximum Gasteiger partial charge on any atom is 0.310 e. The number of hydrogen-bond donors (Lipinski definition) is 1. The molecule has 0 saturated heterocycles. The summed E-state index contributed by atoms with van der Waals surface area (Å²) in [5, 5.41) is 9.02. The number of benzene rings is 1. The van der Waals surface area contributed by atoms with Crippen molar-refractivity contribution >= 4 is 11.9 Å². The highest BCUT2D eigenvalue weighted by Crippen LogP contribution is 2.32. The van der Waals surface area contributed by atoms with Gasteiger partial charge in [-0.1, -0.05) is 6.92 Å². The van der Waals surface area contributed by atoms with E-state index in [9.17, 15) is 9.59 Å². The van der Waals surface area contributed by atoms with Crippen molar-refractivity contribution in [2.45, 2.75) is 13.3 Å². The molecule has 1 aliphatic rings. The molecule has 0 aliphatic carbocycles. The molecule has 1 aromatic rings. The van der Waals surface area contributed by atoms with Crippen molar-refractivity contribution in [3.63, 3.8) is 0 Å². The Kier molecular flexibility index (Phi) is 5.81. The molecule has 1 heterocycles. The normalized spacial score (nSPS) is 13.5. The summed E-state index contributed by atoms with van der Waals surface area (Å²) in [6.45, 7) is 2.38. The summed E-state index contributed by atoms with van der Waals surface area (Å²) in [4.78, 5) is 25.8. The minimum atomic E-state index is -0.448. The molecule has 0 radical (unpaired) electrons. The minimum Gasteiger partial charge on any atom is -0.469 e. The summed E-state index contributed by atoms with van der Waals surface area (Å²) in [6, 6.07) is 4.97. The van der Waals surface area contributed by atoms with Crippen molar-refractivity contribution in [2.24, 2.45) is 5.92 Å². The van der Waals surface area contributed by atoms with E-state index in [0.717, 1.165) is 0 Å². The monoisotopic (exact) mass is 323 g/mol. The van der Waals surface area contributed by atoms with Crippen molar-refractivity contribution in [3.05, 3.63) is 23.8 Å². The zero-order valence-electron chi connectivity index (χ0n) is 13.3. The van der Waals surface area contributed by atoms with E-state index in [1.165, 1.54) is 12.0 Å². The smallest absolute Gasteiger partial charge is 0.310 e. The van der Waals surface area contributed by atoms with Crippen LogP contribution in [0.25, 0.3) is 0 Å². The van der Waals surface area contributed by atoms with Crippen molar-refractivity contribution in [3.8, 4) is 11.5 Å². The third-order valence-corrected chi connectivity index (χ3v) is 3.59. The topological polar surface area (TPSA) is 85.3 Å². The number of rotatable bonds is 7. The molecular formula is C16H21NO6. The number of amides is 1. The lowest BCUT2D eigenvalue weighted by Gasteiger charge is -2.25. The summed E-state index contributed by atoms with van der Waals surface area (Å²) in [6.07, 6.45) is 0.435. The average molecular weight is 323 g/mol. The molecule has 1 aromatic carbocycles. The fourth-order valence-corrected chi connectivity index (χ4v) is 2.36. The maximum absolute atomic E-state index is 12.7. The van der Waals surface area contributed by atoms with Crippen molar-refractivity contribution in [1.29, 1.82) is 0 Å². The molecule has 126 valence electrons. The predicted octanol–water partition coefficient (Wildman–Crippen LogP) is 1.05. The largest absolute Gasteiger partial charge is 0.469 e. The van der Waals surface area contributed by atoms with Crippen molar-refractivity contribution in [1.82, 2.24) is 4.90 Å². The van der Waals surface area contributed by atoms with Gasteiger partial charge in [0.1, 0.15) is 0 Å². The lowest BCUT2D eigenvalue weighted by Crippen LogP contribution is -2.38. The van der Waals surface area contributed by atoms with Gasteiger partial charge < -0.3 is 24.2 Å². The number of carbonyl (C=O) groups excluding carboxylic acids is 2. The maximum atomic E-state index is 12.7. The molecule has 1 amide bonds. The quantitative estimate of drug-likeness (QED) is 0.755. The van der Waals surface area contributed by atoms with Crippen LogP contribution in [0.1, 0.15) is 23.7 Å². The first kappa shape index (κ1) is 17.1. The van der Waals surface area contributed by atoms with Gasteiger partial charge in [-0.05, 0) is 24.6 Å². The van der Waals surface area contributed by atoms with Gasteiger partial charge in [-0.25, -0.2) is 0 Å². The van der Waals surface area contributed by atoms with Gasteiger partial charge in [0.05, 0.1) is 13.0 Å². The van der Waals surface area contributed by atoms with Crippen molar-refractivity contribution in [2.75, 3.05) is 33.6 Å². The highest BCUT2D eigenvalue weighted by Gasteiger charge is 2.24. The number of aliphatic hydroxyl groups is 1. The van der Waals surface area contributed by atoms with Crippen LogP contribution in [-0.4, -0.2) is 55.5 Å². The Morgan fingerprint density at radius 3 is 2.78 bits per heavy atom. The standard InChI is InChI=1S/C16H21NO6/c1-11(16(20)21-2)9-17(6-3-7-18)15(19)12-4-5-13-14(8-12)23-10-22-13/h4-5,8,11,18H,3,6-7,9-10H2,1-2H3. The highest BCUT2D eigenvalue weighted by molar-refractivity contribution is 5.95. The number of carbonyl (C=O) groups is 2. The molecule has 2 rings (SSSR count). The predicted molar refractivity (Wildman–Crippen MR) is 81.4 cm³/mol. The molecule has 23 heavy (non-hydrogen) atoms. The first-order valence-electron chi connectivity index (χ1n) is 7.44. The number of methoxy groups -OCH3 is 1. The molecule has 1 aliphatic heterocycles. The van der Waals surface area contributed by atoms with E-state index < -0.39 is 5.92 Å². The second kappa shape index (κ2) is 7.82. The van der Waals surface area contributed by atoms with Crippen LogP contribution in [0.5, 0.6) is 11.5 Å². The molecule has 0 fully saturated rings. The number of nitrogens with zero attached hydrogens (tertiary/aromatic N) is 1. The third kappa shape index (κ3) is 4.13. The zero-order chi connectivity index (χ0) is 16.8. The minimum absolute atomic E-state index is 0.0302. The second-order valence-corrected chi connectivity index (χ2v) is 5.32. The number of aliphatic hydroxyl groups excluding tert-OH is 1. The van der Waals surface area contributed by atoms with Crippen LogP contribution in [0.3, 0.4) is 0 Å². The molecule has 1 N–H and O–H groups in total. The third-order valence-electron chi connectivity index (χ3n) is 3.59. The number of hydrogen-bond acceptors (Lipinski definition) is 6. The molecular weight excluding hydrogens is 302 g/mol. The van der Waals surface area contributed by atoms with Gasteiger partial charge in [-0.3, -0.25) is 9.59 Å². The highest BCUT2D eigenvalue weighted by atomic mass is 16.7. The Labute approximate surface area is 134 Å². The average Bonchev–Trinajstić information content (AvgIpc) is 3.04. The van der Waals surface area contributed by atoms with Crippen molar-refractivity contribution < 1.29 is 28.9 Å². The first-order valence-corrected chi connectivity index (χ1v) is 7.44. The van der Waals surface area contributed by atoms with Gasteiger partial charge >= 0.3 is 5.97 Å². The molecule has 0 aromatic heterocycles. The van der Waals surface area contributed by atoms with E-state index in [0.29, 0.717) is 30.0 Å². The zero-order valence-corrected chi connectivity index (χ0v) is 13.3. The summed E-state index contributed by atoms with van der Waals surface area (Å²) >= 11 is 0. The SMILES string of the molecule is COC(=O)C(C)CN(CCCO)C(=O)c1ccc2c(c1)OCO2. The van der Waals surface area contributed by atoms with Gasteiger partial charge in [-0.15, -0.1) is 0 Å². The fourth-order valence-electron chi connectivity index (χ4n) is 2.36. The van der Waals surface area contributed by atoms with Gasteiger partial charge in [0.15, 0.2) is 11.5 Å². The summed E-state index contributed by atoms with van der Waals surface area (Å²) in [5.41, 5.74) is 0.448. The van der Waals surface area contributed by atoms with Crippen LogP contribution in [-0.2, 0) is 9.53 Å². The molecule has 0 bridgehead atoms. The van der Waals surface area contributed by atoms with Gasteiger partial charge in [0.2, 0.25) is 6.79 Å². The van der Waals surface area contributed by atoms with Gasteiger partial charge in [0, 0.05) is 25.3 Å².